The summed E-state index contributed by atoms with van der Waals surface area (Å²) in [5, 5.41) is 3.32. The minimum absolute atomic E-state index is 0.321. The van der Waals surface area contributed by atoms with E-state index in [-0.39, 0.29) is 0 Å². The largest absolute Gasteiger partial charge is 0.340 e. The number of amides is 1. The molecule has 1 aliphatic carbocycles. The highest BCUT2D eigenvalue weighted by atomic mass is 16.2. The Labute approximate surface area is 111 Å². The van der Waals surface area contributed by atoms with Gasteiger partial charge in [0.1, 0.15) is 0 Å². The highest BCUT2D eigenvalue weighted by molar-refractivity contribution is 5.78. The van der Waals surface area contributed by atoms with Crippen LogP contribution in [0.15, 0.2) is 0 Å². The van der Waals surface area contributed by atoms with Crippen LogP contribution in [0.3, 0.4) is 0 Å². The monoisotopic (exact) mass is 252 g/mol. The summed E-state index contributed by atoms with van der Waals surface area (Å²) < 4.78 is 0. The molecule has 1 saturated carbocycles. The van der Waals surface area contributed by atoms with Crippen molar-refractivity contribution in [3.8, 4) is 0 Å². The average Bonchev–Trinajstić information content (AvgIpc) is 2.45. The molecule has 1 amide bonds. The fraction of sp³-hybridized carbons (Fsp3) is 0.933. The Morgan fingerprint density at radius 1 is 0.833 bits per heavy atom. The quantitative estimate of drug-likeness (QED) is 0.778. The smallest absolute Gasteiger partial charge is 0.225 e. The lowest BCUT2D eigenvalue weighted by Crippen LogP contribution is -2.48. The molecule has 1 N–H and O–H groups in total. The number of carbonyl (C=O) groups is 1. The molecule has 0 aromatic carbocycles. The third-order valence-corrected chi connectivity index (χ3v) is 4.38. The summed E-state index contributed by atoms with van der Waals surface area (Å²) in [6, 6.07) is 0. The maximum atomic E-state index is 12.5. The highest BCUT2D eigenvalue weighted by Gasteiger charge is 2.24. The molecule has 1 aliphatic heterocycles. The van der Waals surface area contributed by atoms with Crippen molar-refractivity contribution in [3.05, 3.63) is 0 Å². The first-order valence-corrected chi connectivity index (χ1v) is 7.87. The SMILES string of the molecule is O=C(C1CCCCCCCCC1)N1CCNCC1. The van der Waals surface area contributed by atoms with Gasteiger partial charge in [-0.1, -0.05) is 44.9 Å². The second-order valence-corrected chi connectivity index (χ2v) is 5.82. The fourth-order valence-corrected chi connectivity index (χ4v) is 3.20. The molecule has 0 aromatic heterocycles. The lowest BCUT2D eigenvalue weighted by atomic mass is 9.91. The Bertz CT molecular complexity index is 239. The van der Waals surface area contributed by atoms with E-state index in [1.54, 1.807) is 0 Å². The van der Waals surface area contributed by atoms with Crippen LogP contribution in [0.1, 0.15) is 57.8 Å². The van der Waals surface area contributed by atoms with Crippen LogP contribution in [-0.2, 0) is 4.79 Å². The van der Waals surface area contributed by atoms with Crippen LogP contribution in [0.4, 0.5) is 0 Å². The molecule has 0 spiro atoms. The molecular weight excluding hydrogens is 224 g/mol. The van der Waals surface area contributed by atoms with Crippen molar-refractivity contribution in [2.75, 3.05) is 26.2 Å². The summed E-state index contributed by atoms with van der Waals surface area (Å²) in [5.41, 5.74) is 0. The van der Waals surface area contributed by atoms with E-state index < -0.39 is 0 Å². The topological polar surface area (TPSA) is 32.3 Å². The molecule has 3 heteroatoms. The van der Waals surface area contributed by atoms with Crippen LogP contribution in [-0.4, -0.2) is 37.0 Å². The third-order valence-electron chi connectivity index (χ3n) is 4.38. The normalized spacial score (nSPS) is 24.8. The van der Waals surface area contributed by atoms with E-state index in [1.807, 2.05) is 0 Å². The molecule has 3 nitrogen and oxygen atoms in total. The van der Waals surface area contributed by atoms with E-state index in [0.29, 0.717) is 11.8 Å². The number of carbonyl (C=O) groups excluding carboxylic acids is 1. The standard InChI is InChI=1S/C15H28N2O/c18-15(17-12-10-16-11-13-17)14-8-6-4-2-1-3-5-7-9-14/h14,16H,1-13H2. The van der Waals surface area contributed by atoms with Crippen LogP contribution in [0.2, 0.25) is 0 Å². The van der Waals surface area contributed by atoms with Gasteiger partial charge in [0.05, 0.1) is 0 Å². The van der Waals surface area contributed by atoms with Crippen molar-refractivity contribution in [1.82, 2.24) is 10.2 Å². The minimum Gasteiger partial charge on any atom is -0.340 e. The van der Waals surface area contributed by atoms with E-state index in [2.05, 4.69) is 10.2 Å². The summed E-state index contributed by atoms with van der Waals surface area (Å²) in [7, 11) is 0. The summed E-state index contributed by atoms with van der Waals surface area (Å²) in [4.78, 5) is 14.6. The van der Waals surface area contributed by atoms with Gasteiger partial charge >= 0.3 is 0 Å². The van der Waals surface area contributed by atoms with Crippen LogP contribution >= 0.6 is 0 Å². The first-order valence-electron chi connectivity index (χ1n) is 7.87. The molecule has 18 heavy (non-hydrogen) atoms. The van der Waals surface area contributed by atoms with Crippen LogP contribution in [0, 0.1) is 5.92 Å². The van der Waals surface area contributed by atoms with Gasteiger partial charge in [-0.15, -0.1) is 0 Å². The first kappa shape index (κ1) is 13.9. The first-order chi connectivity index (χ1) is 8.88. The number of nitrogens with zero attached hydrogens (tertiary/aromatic N) is 1. The zero-order chi connectivity index (χ0) is 12.6. The van der Waals surface area contributed by atoms with Crippen molar-refractivity contribution >= 4 is 5.91 Å². The van der Waals surface area contributed by atoms with E-state index in [9.17, 15) is 4.79 Å². The maximum Gasteiger partial charge on any atom is 0.225 e. The van der Waals surface area contributed by atoms with Gasteiger partial charge in [-0.05, 0) is 12.8 Å². The molecule has 2 fully saturated rings. The van der Waals surface area contributed by atoms with Crippen molar-refractivity contribution in [2.45, 2.75) is 57.8 Å². The Morgan fingerprint density at radius 2 is 1.33 bits per heavy atom. The summed E-state index contributed by atoms with van der Waals surface area (Å²) in [6.07, 6.45) is 11.5. The van der Waals surface area contributed by atoms with E-state index >= 15 is 0 Å². The van der Waals surface area contributed by atoms with Crippen molar-refractivity contribution in [1.29, 1.82) is 0 Å². The van der Waals surface area contributed by atoms with Crippen LogP contribution < -0.4 is 5.32 Å². The van der Waals surface area contributed by atoms with Gasteiger partial charge in [-0.25, -0.2) is 0 Å². The van der Waals surface area contributed by atoms with Gasteiger partial charge in [0.2, 0.25) is 5.91 Å². The second-order valence-electron chi connectivity index (χ2n) is 5.82. The third kappa shape index (κ3) is 4.27. The maximum absolute atomic E-state index is 12.5. The Hall–Kier alpha value is -0.570. The number of hydrogen-bond acceptors (Lipinski definition) is 2. The Morgan fingerprint density at radius 3 is 1.89 bits per heavy atom. The van der Waals surface area contributed by atoms with E-state index in [4.69, 9.17) is 0 Å². The molecule has 0 bridgehead atoms. The van der Waals surface area contributed by atoms with Crippen LogP contribution in [0.25, 0.3) is 0 Å². The van der Waals surface area contributed by atoms with Crippen LogP contribution in [0.5, 0.6) is 0 Å². The molecule has 2 rings (SSSR count). The van der Waals surface area contributed by atoms with Crippen molar-refractivity contribution in [3.63, 3.8) is 0 Å². The van der Waals surface area contributed by atoms with Gasteiger partial charge in [-0.2, -0.15) is 0 Å². The van der Waals surface area contributed by atoms with Gasteiger partial charge in [0.15, 0.2) is 0 Å². The molecule has 2 aliphatic rings. The predicted octanol–water partition coefficient (Wildman–Crippen LogP) is 2.56. The zero-order valence-electron chi connectivity index (χ0n) is 11.6. The summed E-state index contributed by atoms with van der Waals surface area (Å²) in [5.74, 6) is 0.762. The highest BCUT2D eigenvalue weighted by Crippen LogP contribution is 2.23. The molecular formula is C15H28N2O. The van der Waals surface area contributed by atoms with Gasteiger partial charge in [0.25, 0.3) is 0 Å². The molecule has 0 unspecified atom stereocenters. The molecule has 0 radical (unpaired) electrons. The molecule has 0 aromatic rings. The molecule has 104 valence electrons. The fourth-order valence-electron chi connectivity index (χ4n) is 3.20. The number of piperazine rings is 1. The van der Waals surface area contributed by atoms with Crippen molar-refractivity contribution in [2.24, 2.45) is 5.92 Å². The lowest BCUT2D eigenvalue weighted by molar-refractivity contribution is -0.136. The van der Waals surface area contributed by atoms with Gasteiger partial charge in [-0.3, -0.25) is 4.79 Å². The Balaban J connectivity index is 1.84. The summed E-state index contributed by atoms with van der Waals surface area (Å²) in [6.45, 7) is 3.77. The number of rotatable bonds is 1. The minimum atomic E-state index is 0.321. The predicted molar refractivity (Wildman–Crippen MR) is 74.5 cm³/mol. The average molecular weight is 252 g/mol. The zero-order valence-corrected chi connectivity index (χ0v) is 11.6. The molecule has 1 heterocycles. The molecule has 1 saturated heterocycles. The van der Waals surface area contributed by atoms with Crippen molar-refractivity contribution < 1.29 is 4.79 Å². The lowest BCUT2D eigenvalue weighted by Gasteiger charge is -2.31. The number of hydrogen-bond donors (Lipinski definition) is 1. The second kappa shape index (κ2) is 7.78. The van der Waals surface area contributed by atoms with Gasteiger partial charge in [0, 0.05) is 32.1 Å². The number of nitrogens with one attached hydrogen (secondary N) is 1. The van der Waals surface area contributed by atoms with E-state index in [0.717, 1.165) is 39.0 Å². The summed E-state index contributed by atoms with van der Waals surface area (Å²) >= 11 is 0. The molecule has 0 atom stereocenters. The Kier molecular flexibility index (Phi) is 5.98. The van der Waals surface area contributed by atoms with Gasteiger partial charge < -0.3 is 10.2 Å². The van der Waals surface area contributed by atoms with E-state index in [1.165, 1.54) is 44.9 Å².